The minimum atomic E-state index is -2.83. The van der Waals surface area contributed by atoms with E-state index in [1.165, 1.54) is 0 Å². The second-order valence-electron chi connectivity index (χ2n) is 4.97. The molecule has 0 aromatic heterocycles. The van der Waals surface area contributed by atoms with Gasteiger partial charge in [0.15, 0.2) is 9.84 Å². The van der Waals surface area contributed by atoms with Crippen molar-refractivity contribution in [1.82, 2.24) is 0 Å². The molecule has 3 aliphatic rings. The fourth-order valence-electron chi connectivity index (χ4n) is 3.32. The van der Waals surface area contributed by atoms with Gasteiger partial charge in [0.25, 0.3) is 0 Å². The van der Waals surface area contributed by atoms with Gasteiger partial charge < -0.3 is 4.74 Å². The van der Waals surface area contributed by atoms with E-state index < -0.39 is 9.84 Å². The third-order valence-electron chi connectivity index (χ3n) is 4.06. The first-order valence-corrected chi connectivity index (χ1v) is 6.83. The second kappa shape index (κ2) is 2.42. The lowest BCUT2D eigenvalue weighted by Crippen LogP contribution is -2.40. The maximum atomic E-state index is 11.7. The monoisotopic (exact) mass is 214 g/mol. The van der Waals surface area contributed by atoms with Crippen LogP contribution in [0.15, 0.2) is 12.2 Å². The summed E-state index contributed by atoms with van der Waals surface area (Å²) in [5.41, 5.74) is -0.166. The summed E-state index contributed by atoms with van der Waals surface area (Å²) in [5.74, 6) is 0.675. The minimum Gasteiger partial charge on any atom is -0.380 e. The topological polar surface area (TPSA) is 43.4 Å². The molecular formula is C10H14O3S. The molecule has 4 heteroatoms. The Morgan fingerprint density at radius 2 is 1.50 bits per heavy atom. The molecule has 2 unspecified atom stereocenters. The van der Waals surface area contributed by atoms with E-state index in [0.29, 0.717) is 24.7 Å². The molecule has 2 heterocycles. The van der Waals surface area contributed by atoms with Gasteiger partial charge in [-0.1, -0.05) is 12.2 Å². The fourth-order valence-corrected chi connectivity index (χ4v) is 6.12. The predicted octanol–water partition coefficient (Wildman–Crippen LogP) is 0.768. The quantitative estimate of drug-likeness (QED) is 0.559. The molecule has 2 saturated heterocycles. The van der Waals surface area contributed by atoms with Gasteiger partial charge in [0.2, 0.25) is 0 Å². The second-order valence-corrected chi connectivity index (χ2v) is 7.03. The van der Waals surface area contributed by atoms with Crippen molar-refractivity contribution in [3.05, 3.63) is 12.2 Å². The summed E-state index contributed by atoms with van der Waals surface area (Å²) in [6, 6.07) is 0. The Labute approximate surface area is 84.1 Å². The Hall–Kier alpha value is -0.350. The van der Waals surface area contributed by atoms with Crippen molar-refractivity contribution in [3.63, 3.8) is 0 Å². The van der Waals surface area contributed by atoms with Gasteiger partial charge >= 0.3 is 0 Å². The largest absolute Gasteiger partial charge is 0.380 e. The van der Waals surface area contributed by atoms with Crippen LogP contribution in [0, 0.1) is 10.8 Å². The van der Waals surface area contributed by atoms with E-state index in [1.54, 1.807) is 0 Å². The zero-order valence-corrected chi connectivity index (χ0v) is 8.85. The smallest absolute Gasteiger partial charge is 0.151 e. The van der Waals surface area contributed by atoms with Gasteiger partial charge in [-0.05, 0) is 12.8 Å². The molecule has 0 spiro atoms. The van der Waals surface area contributed by atoms with Crippen molar-refractivity contribution in [1.29, 1.82) is 0 Å². The molecule has 0 amide bonds. The number of sulfone groups is 1. The first-order valence-electron chi connectivity index (χ1n) is 5.01. The fraction of sp³-hybridized carbons (Fsp3) is 0.800. The zero-order valence-electron chi connectivity index (χ0n) is 8.03. The van der Waals surface area contributed by atoms with E-state index in [0.717, 1.165) is 12.8 Å². The molecule has 1 aliphatic carbocycles. The third-order valence-corrected chi connectivity index (χ3v) is 6.04. The third kappa shape index (κ3) is 0.932. The highest BCUT2D eigenvalue weighted by Crippen LogP contribution is 2.58. The van der Waals surface area contributed by atoms with Crippen molar-refractivity contribution in [3.8, 4) is 0 Å². The molecule has 3 nitrogen and oxygen atoms in total. The maximum absolute atomic E-state index is 11.7. The highest BCUT2D eigenvalue weighted by molar-refractivity contribution is 7.91. The van der Waals surface area contributed by atoms with Gasteiger partial charge in [-0.25, -0.2) is 8.42 Å². The average molecular weight is 214 g/mol. The molecular weight excluding hydrogens is 200 g/mol. The van der Waals surface area contributed by atoms with Gasteiger partial charge in [0.1, 0.15) is 0 Å². The van der Waals surface area contributed by atoms with Crippen molar-refractivity contribution >= 4 is 9.84 Å². The van der Waals surface area contributed by atoms with E-state index >= 15 is 0 Å². The maximum Gasteiger partial charge on any atom is 0.151 e. The molecule has 0 bridgehead atoms. The molecule has 2 atom stereocenters. The van der Waals surface area contributed by atoms with E-state index in [-0.39, 0.29) is 10.8 Å². The van der Waals surface area contributed by atoms with Crippen LogP contribution in [0.1, 0.15) is 12.8 Å². The lowest BCUT2D eigenvalue weighted by molar-refractivity contribution is 0.157. The molecule has 14 heavy (non-hydrogen) atoms. The van der Waals surface area contributed by atoms with Crippen LogP contribution in [-0.4, -0.2) is 33.1 Å². The normalized spacial score (nSPS) is 48.9. The molecule has 2 aliphatic heterocycles. The molecule has 0 radical (unpaired) electrons. The molecule has 0 aromatic carbocycles. The zero-order chi connectivity index (χ0) is 9.86. The van der Waals surface area contributed by atoms with Crippen molar-refractivity contribution in [2.24, 2.45) is 10.8 Å². The minimum absolute atomic E-state index is 0.0828. The van der Waals surface area contributed by atoms with E-state index in [9.17, 15) is 8.42 Å². The summed E-state index contributed by atoms with van der Waals surface area (Å²) in [6.07, 6.45) is 6.00. The van der Waals surface area contributed by atoms with Crippen molar-refractivity contribution in [2.45, 2.75) is 12.8 Å². The Balaban J connectivity index is 2.14. The first kappa shape index (κ1) is 8.92. The predicted molar refractivity (Wildman–Crippen MR) is 52.7 cm³/mol. The molecule has 2 fully saturated rings. The molecule has 0 aromatic rings. The lowest BCUT2D eigenvalue weighted by atomic mass is 9.62. The number of allylic oxidation sites excluding steroid dienone is 2. The van der Waals surface area contributed by atoms with Gasteiger partial charge in [-0.2, -0.15) is 0 Å². The Morgan fingerprint density at radius 1 is 1.00 bits per heavy atom. The van der Waals surface area contributed by atoms with Gasteiger partial charge in [-0.15, -0.1) is 0 Å². The number of hydrogen-bond donors (Lipinski definition) is 0. The lowest BCUT2D eigenvalue weighted by Gasteiger charge is -2.38. The van der Waals surface area contributed by atoms with Crippen molar-refractivity contribution < 1.29 is 13.2 Å². The number of ether oxygens (including phenoxy) is 1. The standard InChI is InChI=1S/C10H14O3S/c11-14(12)7-9-3-1-2-4-10(9,8-14)6-13-5-9/h1-2H,3-8H2. The summed E-state index contributed by atoms with van der Waals surface area (Å²) in [7, 11) is -2.83. The Bertz CT molecular complexity index is 368. The van der Waals surface area contributed by atoms with Gasteiger partial charge in [0, 0.05) is 10.8 Å². The number of rotatable bonds is 0. The highest BCUT2D eigenvalue weighted by Gasteiger charge is 2.63. The van der Waals surface area contributed by atoms with Crippen LogP contribution >= 0.6 is 0 Å². The van der Waals surface area contributed by atoms with Crippen LogP contribution in [0.4, 0.5) is 0 Å². The average Bonchev–Trinajstić information content (AvgIpc) is 2.50. The SMILES string of the molecule is O=S1(=O)CC23CC=CCC2(COC3)C1. The highest BCUT2D eigenvalue weighted by atomic mass is 32.2. The van der Waals surface area contributed by atoms with Gasteiger partial charge in [-0.3, -0.25) is 0 Å². The molecule has 3 rings (SSSR count). The summed E-state index contributed by atoms with van der Waals surface area (Å²) >= 11 is 0. The molecule has 0 N–H and O–H groups in total. The molecule has 78 valence electrons. The summed E-state index contributed by atoms with van der Waals surface area (Å²) < 4.78 is 29.0. The van der Waals surface area contributed by atoms with Crippen LogP contribution in [-0.2, 0) is 14.6 Å². The summed E-state index contributed by atoms with van der Waals surface area (Å²) in [5, 5.41) is 0. The van der Waals surface area contributed by atoms with Crippen LogP contribution in [0.25, 0.3) is 0 Å². The Morgan fingerprint density at radius 3 is 2.00 bits per heavy atom. The van der Waals surface area contributed by atoms with Gasteiger partial charge in [0.05, 0.1) is 24.7 Å². The van der Waals surface area contributed by atoms with Crippen LogP contribution in [0.3, 0.4) is 0 Å². The van der Waals surface area contributed by atoms with Crippen LogP contribution in [0.5, 0.6) is 0 Å². The summed E-state index contributed by atoms with van der Waals surface area (Å²) in [6.45, 7) is 1.27. The van der Waals surface area contributed by atoms with Crippen molar-refractivity contribution in [2.75, 3.05) is 24.7 Å². The summed E-state index contributed by atoms with van der Waals surface area (Å²) in [4.78, 5) is 0. The first-order chi connectivity index (χ1) is 6.58. The van der Waals surface area contributed by atoms with E-state index in [2.05, 4.69) is 12.2 Å². The van der Waals surface area contributed by atoms with Crippen LogP contribution < -0.4 is 0 Å². The molecule has 0 saturated carbocycles. The van der Waals surface area contributed by atoms with Crippen LogP contribution in [0.2, 0.25) is 0 Å². The Kier molecular flexibility index (Phi) is 1.54. The van der Waals surface area contributed by atoms with E-state index in [1.807, 2.05) is 0 Å². The van der Waals surface area contributed by atoms with E-state index in [4.69, 9.17) is 4.74 Å². The number of hydrogen-bond acceptors (Lipinski definition) is 3.